The van der Waals surface area contributed by atoms with Crippen molar-refractivity contribution in [1.82, 2.24) is 10.2 Å². The summed E-state index contributed by atoms with van der Waals surface area (Å²) >= 11 is 0. The average Bonchev–Trinajstić information content (AvgIpc) is 3.13. The molecule has 1 saturated heterocycles. The molecule has 0 aromatic heterocycles. The Morgan fingerprint density at radius 1 is 0.970 bits per heavy atom. The number of nitrogens with zero attached hydrogens (tertiary/aromatic N) is 1. The maximum atomic E-state index is 12.7. The fourth-order valence-electron chi connectivity index (χ4n) is 3.40. The van der Waals surface area contributed by atoms with E-state index in [1.807, 2.05) is 0 Å². The van der Waals surface area contributed by atoms with E-state index in [0.29, 0.717) is 51.2 Å². The minimum absolute atomic E-state index is 0. The van der Waals surface area contributed by atoms with Crippen LogP contribution in [0.4, 0.5) is 0 Å². The molecule has 0 radical (unpaired) electrons. The number of nitrogens with one attached hydrogen (secondary N) is 1. The van der Waals surface area contributed by atoms with Gasteiger partial charge in [0.05, 0.1) is 45.6 Å². The van der Waals surface area contributed by atoms with Gasteiger partial charge < -0.3 is 29.2 Å². The molecule has 1 N–H and O–H groups in total. The molecule has 1 aliphatic heterocycles. The van der Waals surface area contributed by atoms with E-state index in [1.54, 1.807) is 0 Å². The molecule has 0 aromatic carbocycles. The van der Waals surface area contributed by atoms with E-state index in [2.05, 4.69) is 33.0 Å². The molecular formula is C24H46N2O7. The van der Waals surface area contributed by atoms with Crippen LogP contribution < -0.4 is 5.32 Å². The van der Waals surface area contributed by atoms with E-state index in [-0.39, 0.29) is 38.9 Å². The Morgan fingerprint density at radius 3 is 2.15 bits per heavy atom. The van der Waals surface area contributed by atoms with Gasteiger partial charge in [-0.25, -0.2) is 0 Å². The highest BCUT2D eigenvalue weighted by atomic mass is 16.5. The van der Waals surface area contributed by atoms with E-state index in [1.165, 1.54) is 11.8 Å². The summed E-state index contributed by atoms with van der Waals surface area (Å²) in [5, 5.41) is 3.26. The fraction of sp³-hybridized carbons (Fsp3) is 0.875. The quantitative estimate of drug-likeness (QED) is 0.253. The number of ether oxygens (including phenoxy) is 4. The van der Waals surface area contributed by atoms with Crippen LogP contribution in [0.25, 0.3) is 0 Å². The van der Waals surface area contributed by atoms with Crippen molar-refractivity contribution in [3.05, 3.63) is 0 Å². The highest BCUT2D eigenvalue weighted by Gasteiger charge is 2.40. The van der Waals surface area contributed by atoms with Gasteiger partial charge in [-0.2, -0.15) is 0 Å². The summed E-state index contributed by atoms with van der Waals surface area (Å²) in [5.74, 6) is -0.275. The maximum Gasteiger partial charge on any atom is 0.302 e. The van der Waals surface area contributed by atoms with Crippen LogP contribution in [-0.4, -0.2) is 93.5 Å². The number of carbonyl (C=O) groups is 3. The van der Waals surface area contributed by atoms with Crippen molar-refractivity contribution in [1.29, 1.82) is 0 Å². The number of carbonyl (C=O) groups excluding carboxylic acids is 3. The first kappa shape index (κ1) is 31.4. The van der Waals surface area contributed by atoms with Crippen molar-refractivity contribution in [2.75, 3.05) is 52.7 Å². The predicted molar refractivity (Wildman–Crippen MR) is 127 cm³/mol. The smallest absolute Gasteiger partial charge is 0.302 e. The second-order valence-electron chi connectivity index (χ2n) is 8.81. The molecule has 9 heteroatoms. The number of amides is 1. The first-order chi connectivity index (χ1) is 15.2. The lowest BCUT2D eigenvalue weighted by Crippen LogP contribution is -2.42. The van der Waals surface area contributed by atoms with Gasteiger partial charge in [0, 0.05) is 32.4 Å². The van der Waals surface area contributed by atoms with Gasteiger partial charge in [0.15, 0.2) is 5.78 Å². The standard InChI is InChI=1S/C23H42N2O7.CH4/c1-17(2)6-7-22(27)21-14-20(32-19(5)26)15-25(21)23(28)16-31-13-12-30-11-10-29-9-8-24-18(3)4;/h17-18,20-21,24H,6-16H2,1-5H3;1H4. The first-order valence-corrected chi connectivity index (χ1v) is 11.7. The third kappa shape index (κ3) is 14.3. The Labute approximate surface area is 199 Å². The van der Waals surface area contributed by atoms with Gasteiger partial charge in [-0.1, -0.05) is 35.1 Å². The predicted octanol–water partition coefficient (Wildman–Crippen LogP) is 2.21. The number of hydrogen-bond donors (Lipinski definition) is 1. The van der Waals surface area contributed by atoms with Crippen LogP contribution in [0.5, 0.6) is 0 Å². The van der Waals surface area contributed by atoms with Crippen LogP contribution in [0.3, 0.4) is 0 Å². The molecule has 0 saturated carbocycles. The number of likely N-dealkylation sites (tertiary alicyclic amines) is 1. The normalized spacial score (nSPS) is 18.0. The van der Waals surface area contributed by atoms with E-state index in [9.17, 15) is 14.4 Å². The van der Waals surface area contributed by atoms with E-state index >= 15 is 0 Å². The Morgan fingerprint density at radius 2 is 1.58 bits per heavy atom. The van der Waals surface area contributed by atoms with Gasteiger partial charge in [-0.05, 0) is 12.3 Å². The van der Waals surface area contributed by atoms with Gasteiger partial charge in [-0.3, -0.25) is 14.4 Å². The number of esters is 1. The molecule has 0 spiro atoms. The molecule has 1 heterocycles. The van der Waals surface area contributed by atoms with Crippen LogP contribution in [0.1, 0.15) is 61.3 Å². The Balaban J connectivity index is 0.0000102. The van der Waals surface area contributed by atoms with Gasteiger partial charge >= 0.3 is 5.97 Å². The highest BCUT2D eigenvalue weighted by Crippen LogP contribution is 2.24. The molecule has 0 aromatic rings. The zero-order valence-electron chi connectivity index (χ0n) is 20.4. The van der Waals surface area contributed by atoms with E-state index in [0.717, 1.165) is 13.0 Å². The van der Waals surface area contributed by atoms with Gasteiger partial charge in [0.2, 0.25) is 5.91 Å². The van der Waals surface area contributed by atoms with Gasteiger partial charge in [-0.15, -0.1) is 0 Å². The van der Waals surface area contributed by atoms with E-state index in [4.69, 9.17) is 18.9 Å². The summed E-state index contributed by atoms with van der Waals surface area (Å²) in [6.45, 7) is 12.7. The molecule has 0 bridgehead atoms. The largest absolute Gasteiger partial charge is 0.461 e. The zero-order valence-corrected chi connectivity index (χ0v) is 20.4. The van der Waals surface area contributed by atoms with Gasteiger partial charge in [0.25, 0.3) is 0 Å². The molecule has 2 atom stereocenters. The van der Waals surface area contributed by atoms with Crippen LogP contribution in [0, 0.1) is 5.92 Å². The summed E-state index contributed by atoms with van der Waals surface area (Å²) in [6.07, 6.45) is 1.06. The first-order valence-electron chi connectivity index (χ1n) is 11.7. The third-order valence-corrected chi connectivity index (χ3v) is 5.02. The molecular weight excluding hydrogens is 428 g/mol. The van der Waals surface area contributed by atoms with Crippen LogP contribution in [-0.2, 0) is 33.3 Å². The summed E-state index contributed by atoms with van der Waals surface area (Å²) in [4.78, 5) is 38.1. The lowest BCUT2D eigenvalue weighted by Gasteiger charge is -2.23. The van der Waals surface area contributed by atoms with Crippen molar-refractivity contribution in [3.63, 3.8) is 0 Å². The molecule has 1 rings (SSSR count). The minimum atomic E-state index is -0.562. The number of hydrogen-bond acceptors (Lipinski definition) is 8. The van der Waals surface area contributed by atoms with Crippen LogP contribution >= 0.6 is 0 Å². The minimum Gasteiger partial charge on any atom is -0.461 e. The lowest BCUT2D eigenvalue weighted by atomic mass is 10.00. The van der Waals surface area contributed by atoms with Crippen molar-refractivity contribution in [2.45, 2.75) is 79.5 Å². The molecule has 194 valence electrons. The Kier molecular flexibility index (Phi) is 17.0. The molecule has 2 unspecified atom stereocenters. The monoisotopic (exact) mass is 474 g/mol. The fourth-order valence-corrected chi connectivity index (χ4v) is 3.40. The average molecular weight is 475 g/mol. The summed E-state index contributed by atoms with van der Waals surface area (Å²) in [7, 11) is 0. The summed E-state index contributed by atoms with van der Waals surface area (Å²) in [6, 6.07) is -0.121. The second-order valence-corrected chi connectivity index (χ2v) is 8.81. The molecule has 1 aliphatic rings. The molecule has 0 aliphatic carbocycles. The SMILES string of the molecule is C.CC(=O)OC1CC(C(=O)CCC(C)C)N(C(=O)COCCOCCOCCNC(C)C)C1. The number of Topliss-reactive ketones (excluding diaryl/α,β-unsaturated/α-hetero) is 1. The number of ketones is 1. The second kappa shape index (κ2) is 17.9. The Hall–Kier alpha value is -1.55. The van der Waals surface area contributed by atoms with Crippen LogP contribution in [0.15, 0.2) is 0 Å². The maximum absolute atomic E-state index is 12.7. The molecule has 1 amide bonds. The molecule has 9 nitrogen and oxygen atoms in total. The van der Waals surface area contributed by atoms with Crippen molar-refractivity contribution in [3.8, 4) is 0 Å². The summed E-state index contributed by atoms with van der Waals surface area (Å²) < 4.78 is 21.6. The van der Waals surface area contributed by atoms with Gasteiger partial charge in [0.1, 0.15) is 12.7 Å². The zero-order chi connectivity index (χ0) is 23.9. The highest BCUT2D eigenvalue weighted by molar-refractivity contribution is 5.90. The van der Waals surface area contributed by atoms with Crippen molar-refractivity contribution >= 4 is 17.7 Å². The van der Waals surface area contributed by atoms with Crippen LogP contribution in [0.2, 0.25) is 0 Å². The van der Waals surface area contributed by atoms with Crippen molar-refractivity contribution in [2.24, 2.45) is 5.92 Å². The van der Waals surface area contributed by atoms with Crippen molar-refractivity contribution < 1.29 is 33.3 Å². The molecule has 33 heavy (non-hydrogen) atoms. The number of rotatable bonds is 17. The topological polar surface area (TPSA) is 103 Å². The summed E-state index contributed by atoms with van der Waals surface area (Å²) in [5.41, 5.74) is 0. The molecule has 1 fully saturated rings. The third-order valence-electron chi connectivity index (χ3n) is 5.02. The lowest BCUT2D eigenvalue weighted by molar-refractivity contribution is -0.147. The van der Waals surface area contributed by atoms with E-state index < -0.39 is 18.1 Å². The Bertz CT molecular complexity index is 569.